The van der Waals surface area contributed by atoms with E-state index in [1.807, 2.05) is 0 Å². The van der Waals surface area contributed by atoms with Crippen LogP contribution in [0.2, 0.25) is 15.1 Å². The first-order chi connectivity index (χ1) is 12.1. The van der Waals surface area contributed by atoms with Crippen molar-refractivity contribution in [2.75, 3.05) is 0 Å². The number of ether oxygens (including phenoxy) is 2. The average Bonchev–Trinajstić information content (AvgIpc) is 2.88. The molecule has 11 heteroatoms. The smallest absolute Gasteiger partial charge is 0.424 e. The molecule has 2 aromatic carbocycles. The number of nitrogens with one attached hydrogen (secondary N) is 1. The van der Waals surface area contributed by atoms with Gasteiger partial charge >= 0.3 is 12.1 Å². The third-order valence-electron chi connectivity index (χ3n) is 3.16. The molecule has 26 heavy (non-hydrogen) atoms. The topological polar surface area (TPSA) is 47.6 Å². The van der Waals surface area contributed by atoms with Gasteiger partial charge in [0.15, 0.2) is 11.5 Å². The molecule has 0 fully saturated rings. The number of halogens is 6. The Labute approximate surface area is 164 Å². The Kier molecular flexibility index (Phi) is 5.13. The molecule has 0 unspecified atom stereocenters. The van der Waals surface area contributed by atoms with E-state index in [9.17, 15) is 18.0 Å². The lowest BCUT2D eigenvalue weighted by atomic mass is 10.3. The van der Waals surface area contributed by atoms with Crippen molar-refractivity contribution in [3.63, 3.8) is 0 Å². The van der Waals surface area contributed by atoms with E-state index >= 15 is 0 Å². The van der Waals surface area contributed by atoms with Crippen LogP contribution in [-0.2, 0) is 0 Å². The summed E-state index contributed by atoms with van der Waals surface area (Å²) in [5, 5.41) is 1.06. The molecule has 1 aliphatic heterocycles. The molecule has 1 N–H and O–H groups in total. The molecule has 0 radical (unpaired) electrons. The largest absolute Gasteiger partial charge is 0.492 e. The lowest BCUT2D eigenvalue weighted by Crippen LogP contribution is -2.64. The van der Waals surface area contributed by atoms with E-state index in [0.717, 1.165) is 12.1 Å². The van der Waals surface area contributed by atoms with Gasteiger partial charge in [-0.1, -0.05) is 34.8 Å². The first-order valence-electron chi connectivity index (χ1n) is 6.79. The molecule has 0 bridgehead atoms. The summed E-state index contributed by atoms with van der Waals surface area (Å²) >= 11 is 17.8. The minimum absolute atomic E-state index is 0.0196. The van der Waals surface area contributed by atoms with Gasteiger partial charge in [0.2, 0.25) is 0 Å². The number of fused-ring (bicyclic) bond motifs is 1. The maximum atomic E-state index is 13.6. The van der Waals surface area contributed by atoms with Gasteiger partial charge in [-0.15, -0.1) is 0 Å². The Morgan fingerprint density at radius 3 is 1.96 bits per heavy atom. The van der Waals surface area contributed by atoms with Crippen molar-refractivity contribution in [3.8, 4) is 11.5 Å². The molecular formula is C15H7Cl3F3NO3S. The van der Waals surface area contributed by atoms with E-state index in [1.165, 1.54) is 24.3 Å². The summed E-state index contributed by atoms with van der Waals surface area (Å²) in [5.41, 5.74) is 0. The van der Waals surface area contributed by atoms with Gasteiger partial charge < -0.3 is 9.47 Å². The summed E-state index contributed by atoms with van der Waals surface area (Å²) < 4.78 is 50.5. The Hall–Kier alpha value is -1.48. The van der Waals surface area contributed by atoms with Gasteiger partial charge in [0.1, 0.15) is 0 Å². The van der Waals surface area contributed by atoms with E-state index in [1.54, 1.807) is 5.32 Å². The first kappa shape index (κ1) is 19.3. The lowest BCUT2D eigenvalue weighted by Gasteiger charge is -2.29. The zero-order chi connectivity index (χ0) is 19.1. The highest BCUT2D eigenvalue weighted by atomic mass is 35.5. The highest BCUT2D eigenvalue weighted by Gasteiger charge is 2.65. The number of hydrogen-bond donors (Lipinski definition) is 1. The van der Waals surface area contributed by atoms with Crippen LogP contribution in [0.25, 0.3) is 0 Å². The number of carbonyl (C=O) groups is 1. The molecule has 0 aliphatic carbocycles. The van der Waals surface area contributed by atoms with Crippen LogP contribution in [0.1, 0.15) is 0 Å². The Balaban J connectivity index is 1.84. The second-order valence-electron chi connectivity index (χ2n) is 5.00. The summed E-state index contributed by atoms with van der Waals surface area (Å²) in [7, 11) is 0. The molecule has 0 atom stereocenters. The number of rotatable bonds is 2. The van der Waals surface area contributed by atoms with Crippen molar-refractivity contribution < 1.29 is 27.4 Å². The van der Waals surface area contributed by atoms with Gasteiger partial charge in [0.25, 0.3) is 5.24 Å². The average molecular weight is 445 g/mol. The molecule has 1 heterocycles. The predicted molar refractivity (Wildman–Crippen MR) is 92.3 cm³/mol. The number of benzene rings is 2. The zero-order valence-corrected chi connectivity index (χ0v) is 15.4. The van der Waals surface area contributed by atoms with Crippen molar-refractivity contribution in [2.45, 2.75) is 17.0 Å². The molecular weight excluding hydrogens is 438 g/mol. The summed E-state index contributed by atoms with van der Waals surface area (Å²) in [6, 6.07) is 8.11. The van der Waals surface area contributed by atoms with Gasteiger partial charge in [-0.3, -0.25) is 10.1 Å². The molecule has 0 saturated heterocycles. The molecule has 3 rings (SSSR count). The van der Waals surface area contributed by atoms with Crippen molar-refractivity contribution in [1.29, 1.82) is 0 Å². The minimum Gasteiger partial charge on any atom is -0.424 e. The summed E-state index contributed by atoms with van der Waals surface area (Å²) in [4.78, 5) is 12.5. The van der Waals surface area contributed by atoms with Crippen molar-refractivity contribution in [3.05, 3.63) is 51.5 Å². The molecule has 0 spiro atoms. The first-order valence-corrected chi connectivity index (χ1v) is 8.74. The molecule has 4 nitrogen and oxygen atoms in total. The number of alkyl halides is 3. The fourth-order valence-corrected chi connectivity index (χ4v) is 3.11. The third-order valence-corrected chi connectivity index (χ3v) is 4.93. The normalized spacial score (nSPS) is 15.0. The zero-order valence-electron chi connectivity index (χ0n) is 12.4. The van der Waals surface area contributed by atoms with E-state index < -0.39 is 17.3 Å². The standard InChI is InChI=1S/C15H7Cl3F3NO3S/c16-7-1-3-8(4-2-7)26-13(23)22-15(14(19,20)21)24-11-5-9(17)10(18)6-12(11)25-15/h1-6H,(H,22,23). The van der Waals surface area contributed by atoms with Gasteiger partial charge in [0.05, 0.1) is 10.0 Å². The molecule has 1 aliphatic rings. The van der Waals surface area contributed by atoms with Crippen LogP contribution >= 0.6 is 46.6 Å². The highest BCUT2D eigenvalue weighted by molar-refractivity contribution is 8.13. The third kappa shape index (κ3) is 3.78. The summed E-state index contributed by atoms with van der Waals surface area (Å²) in [5.74, 6) is -3.98. The van der Waals surface area contributed by atoms with Gasteiger partial charge in [-0.25, -0.2) is 0 Å². The van der Waals surface area contributed by atoms with Crippen molar-refractivity contribution >= 4 is 51.8 Å². The van der Waals surface area contributed by atoms with Gasteiger partial charge in [-0.2, -0.15) is 13.2 Å². The summed E-state index contributed by atoms with van der Waals surface area (Å²) in [6.45, 7) is 0. The van der Waals surface area contributed by atoms with Crippen molar-refractivity contribution in [2.24, 2.45) is 0 Å². The monoisotopic (exact) mass is 443 g/mol. The number of amides is 1. The Bertz CT molecular complexity index is 831. The summed E-state index contributed by atoms with van der Waals surface area (Å²) in [6.07, 6.45) is -5.08. The van der Waals surface area contributed by atoms with Crippen LogP contribution < -0.4 is 14.8 Å². The quantitative estimate of drug-likeness (QED) is 0.566. The van der Waals surface area contributed by atoms with Crippen LogP contribution in [0.15, 0.2) is 41.3 Å². The molecule has 2 aromatic rings. The molecule has 0 aromatic heterocycles. The van der Waals surface area contributed by atoms with Crippen LogP contribution in [0.4, 0.5) is 18.0 Å². The van der Waals surface area contributed by atoms with Crippen LogP contribution in [0.3, 0.4) is 0 Å². The van der Waals surface area contributed by atoms with Gasteiger partial charge in [0, 0.05) is 22.1 Å². The maximum Gasteiger partial charge on any atom is 0.492 e. The van der Waals surface area contributed by atoms with Gasteiger partial charge in [-0.05, 0) is 36.0 Å². The van der Waals surface area contributed by atoms with E-state index in [-0.39, 0.29) is 21.5 Å². The number of thioether (sulfide) groups is 1. The van der Waals surface area contributed by atoms with E-state index in [4.69, 9.17) is 44.3 Å². The highest BCUT2D eigenvalue weighted by Crippen LogP contribution is 2.48. The Morgan fingerprint density at radius 2 is 1.50 bits per heavy atom. The fraction of sp³-hybridized carbons (Fsp3) is 0.133. The molecule has 138 valence electrons. The lowest BCUT2D eigenvalue weighted by molar-refractivity contribution is -0.316. The van der Waals surface area contributed by atoms with E-state index in [2.05, 4.69) is 0 Å². The minimum atomic E-state index is -5.08. The SMILES string of the molecule is O=C(NC1(C(F)(F)F)Oc2cc(Cl)c(Cl)cc2O1)Sc1ccc(Cl)cc1. The van der Waals surface area contributed by atoms with Crippen LogP contribution in [0.5, 0.6) is 11.5 Å². The van der Waals surface area contributed by atoms with E-state index in [0.29, 0.717) is 21.7 Å². The Morgan fingerprint density at radius 1 is 1.00 bits per heavy atom. The second kappa shape index (κ2) is 6.92. The predicted octanol–water partition coefficient (Wildman–Crippen LogP) is 6.14. The number of hydrogen-bond acceptors (Lipinski definition) is 4. The van der Waals surface area contributed by atoms with Crippen LogP contribution in [0, 0.1) is 0 Å². The maximum absolute atomic E-state index is 13.6. The van der Waals surface area contributed by atoms with Crippen molar-refractivity contribution in [1.82, 2.24) is 5.32 Å². The number of carbonyl (C=O) groups excluding carboxylic acids is 1. The second-order valence-corrected chi connectivity index (χ2v) is 7.30. The molecule has 0 saturated carbocycles. The fourth-order valence-electron chi connectivity index (χ4n) is 2.01. The molecule has 1 amide bonds. The van der Waals surface area contributed by atoms with Crippen LogP contribution in [-0.4, -0.2) is 17.3 Å².